The Balaban J connectivity index is 1.32. The van der Waals surface area contributed by atoms with Gasteiger partial charge in [0.1, 0.15) is 10.8 Å². The molecule has 10 heteroatoms. The second-order valence-corrected chi connectivity index (χ2v) is 12.7. The summed E-state index contributed by atoms with van der Waals surface area (Å²) in [4.78, 5) is 28.0. The van der Waals surface area contributed by atoms with E-state index in [2.05, 4.69) is 15.7 Å². The van der Waals surface area contributed by atoms with Crippen LogP contribution in [0.15, 0.2) is 93.6 Å². The number of hydrogen-bond acceptors (Lipinski definition) is 6. The number of aromatic nitrogens is 2. The number of amides is 1. The number of aryl methyl sites for hydroxylation is 1. The molecule has 0 radical (unpaired) electrons. The lowest BCUT2D eigenvalue weighted by atomic mass is 9.80. The molecule has 1 aromatic heterocycles. The van der Waals surface area contributed by atoms with E-state index in [9.17, 15) is 9.59 Å². The molecule has 224 valence electrons. The van der Waals surface area contributed by atoms with E-state index in [0.29, 0.717) is 51.5 Å². The van der Waals surface area contributed by atoms with Crippen molar-refractivity contribution in [3.05, 3.63) is 110 Å². The molecule has 1 aliphatic heterocycles. The molecule has 0 aliphatic carbocycles. The number of carbonyl (C=O) groups excluding carboxylic acids is 1. The lowest BCUT2D eigenvalue weighted by Crippen LogP contribution is -2.47. The fraction of sp³-hybridized carbons (Fsp3) is 0.303. The highest BCUT2D eigenvalue weighted by Gasteiger charge is 2.32. The summed E-state index contributed by atoms with van der Waals surface area (Å²) in [5.41, 5.74) is 2.20. The molecule has 0 spiro atoms. The van der Waals surface area contributed by atoms with Crippen LogP contribution < -0.4 is 20.9 Å². The number of halogens is 2. The van der Waals surface area contributed by atoms with Crippen molar-refractivity contribution < 1.29 is 9.53 Å². The molecule has 0 unspecified atom stereocenters. The molecule has 3 atom stereocenters. The summed E-state index contributed by atoms with van der Waals surface area (Å²) >= 11 is 13.6. The first-order chi connectivity index (χ1) is 20.8. The van der Waals surface area contributed by atoms with Crippen molar-refractivity contribution in [2.45, 2.75) is 48.1 Å². The third-order valence-corrected chi connectivity index (χ3v) is 9.09. The zero-order valence-corrected chi connectivity index (χ0v) is 26.4. The SMILES string of the molecule is COc1ccc(-n2nc(Sc3ccc(Cl)cc3)cc(CC[C@@H](C)NC(=O)[C@H]3CNCC[C@@H]3c3ccc(Cl)cc3)c2=O)cc1. The molecule has 0 saturated carbocycles. The summed E-state index contributed by atoms with van der Waals surface area (Å²) in [6, 6.07) is 24.2. The van der Waals surface area contributed by atoms with Crippen LogP contribution >= 0.6 is 35.0 Å². The second kappa shape index (κ2) is 14.4. The first-order valence-corrected chi connectivity index (χ1v) is 15.9. The van der Waals surface area contributed by atoms with Crippen molar-refractivity contribution in [3.63, 3.8) is 0 Å². The molecule has 1 amide bonds. The highest BCUT2D eigenvalue weighted by Crippen LogP contribution is 2.32. The minimum absolute atomic E-state index is 0.0176. The van der Waals surface area contributed by atoms with Gasteiger partial charge in [-0.25, -0.2) is 0 Å². The molecular formula is C33H34Cl2N4O3S. The van der Waals surface area contributed by atoms with Gasteiger partial charge in [0, 0.05) is 33.1 Å². The van der Waals surface area contributed by atoms with E-state index in [1.807, 2.05) is 73.7 Å². The molecule has 2 N–H and O–H groups in total. The maximum Gasteiger partial charge on any atom is 0.274 e. The second-order valence-electron chi connectivity index (χ2n) is 10.7. The standard InChI is InChI=1S/C33H34Cl2N4O3S/c1-21(37-32(40)30-20-36-18-17-29(30)22-5-7-24(34)8-6-22)3-4-23-19-31(43-28-15-9-25(35)10-16-28)38-39(33(23)41)26-11-13-27(42-2)14-12-26/h5-16,19,21,29-30,36H,3-4,17-18,20H2,1-2H3,(H,37,40)/t21-,29-,30+/m1/s1. The minimum Gasteiger partial charge on any atom is -0.497 e. The lowest BCUT2D eigenvalue weighted by Gasteiger charge is -2.32. The number of nitrogens with zero attached hydrogens (tertiary/aromatic N) is 2. The number of nitrogens with one attached hydrogen (secondary N) is 2. The third-order valence-electron chi connectivity index (χ3n) is 7.67. The van der Waals surface area contributed by atoms with Crippen molar-refractivity contribution >= 4 is 40.9 Å². The molecule has 43 heavy (non-hydrogen) atoms. The predicted octanol–water partition coefficient (Wildman–Crippen LogP) is 6.53. The molecule has 1 aliphatic rings. The minimum atomic E-state index is -0.191. The van der Waals surface area contributed by atoms with Gasteiger partial charge in [0.25, 0.3) is 5.56 Å². The maximum atomic E-state index is 13.6. The fourth-order valence-corrected chi connectivity index (χ4v) is 6.40. The largest absolute Gasteiger partial charge is 0.497 e. The quantitative estimate of drug-likeness (QED) is 0.206. The van der Waals surface area contributed by atoms with Crippen molar-refractivity contribution in [1.82, 2.24) is 20.4 Å². The van der Waals surface area contributed by atoms with Crippen LogP contribution in [0.2, 0.25) is 10.0 Å². The van der Waals surface area contributed by atoms with Gasteiger partial charge >= 0.3 is 0 Å². The average molecular weight is 638 g/mol. The van der Waals surface area contributed by atoms with E-state index in [-0.39, 0.29) is 29.3 Å². The van der Waals surface area contributed by atoms with Crippen LogP contribution in [0, 0.1) is 5.92 Å². The van der Waals surface area contributed by atoms with Crippen LogP contribution in [0.5, 0.6) is 5.75 Å². The first kappa shape index (κ1) is 31.1. The Labute approximate surface area is 265 Å². The Kier molecular flexibility index (Phi) is 10.5. The summed E-state index contributed by atoms with van der Waals surface area (Å²) in [5, 5.41) is 13.3. The van der Waals surface area contributed by atoms with Gasteiger partial charge in [-0.3, -0.25) is 9.59 Å². The third kappa shape index (κ3) is 8.00. The average Bonchev–Trinajstić information content (AvgIpc) is 3.02. The van der Waals surface area contributed by atoms with Gasteiger partial charge in [0.15, 0.2) is 0 Å². The molecule has 1 fully saturated rings. The number of ether oxygens (including phenoxy) is 1. The van der Waals surface area contributed by atoms with Crippen molar-refractivity contribution in [2.75, 3.05) is 20.2 Å². The Morgan fingerprint density at radius 1 is 1.07 bits per heavy atom. The molecule has 4 aromatic rings. The van der Waals surface area contributed by atoms with Gasteiger partial charge in [0.05, 0.1) is 18.7 Å². The molecule has 2 heterocycles. The van der Waals surface area contributed by atoms with Crippen LogP contribution in [0.1, 0.15) is 36.8 Å². The highest BCUT2D eigenvalue weighted by atomic mass is 35.5. The number of benzene rings is 3. The van der Waals surface area contributed by atoms with E-state index in [1.165, 1.54) is 16.4 Å². The van der Waals surface area contributed by atoms with E-state index in [1.54, 1.807) is 19.2 Å². The number of methoxy groups -OCH3 is 1. The molecule has 5 rings (SSSR count). The van der Waals surface area contributed by atoms with Gasteiger partial charge in [0.2, 0.25) is 5.91 Å². The Morgan fingerprint density at radius 3 is 2.42 bits per heavy atom. The molecule has 0 bridgehead atoms. The van der Waals surface area contributed by atoms with Crippen molar-refractivity contribution in [1.29, 1.82) is 0 Å². The molecule has 1 saturated heterocycles. The summed E-state index contributed by atoms with van der Waals surface area (Å²) in [5.74, 6) is 0.645. The highest BCUT2D eigenvalue weighted by molar-refractivity contribution is 7.99. The summed E-state index contributed by atoms with van der Waals surface area (Å²) in [7, 11) is 1.60. The predicted molar refractivity (Wildman–Crippen MR) is 173 cm³/mol. The van der Waals surface area contributed by atoms with Gasteiger partial charge in [-0.15, -0.1) is 0 Å². The Hall–Kier alpha value is -3.30. The lowest BCUT2D eigenvalue weighted by molar-refractivity contribution is -0.126. The topological polar surface area (TPSA) is 85.2 Å². The fourth-order valence-electron chi connectivity index (χ4n) is 5.31. The van der Waals surface area contributed by atoms with Crippen molar-refractivity contribution in [2.24, 2.45) is 5.92 Å². The monoisotopic (exact) mass is 636 g/mol. The normalized spacial score (nSPS) is 17.3. The smallest absolute Gasteiger partial charge is 0.274 e. The summed E-state index contributed by atoms with van der Waals surface area (Å²) in [6.45, 7) is 3.47. The summed E-state index contributed by atoms with van der Waals surface area (Å²) < 4.78 is 6.71. The Morgan fingerprint density at radius 2 is 1.74 bits per heavy atom. The first-order valence-electron chi connectivity index (χ1n) is 14.3. The van der Waals surface area contributed by atoms with Gasteiger partial charge in [-0.1, -0.05) is 47.1 Å². The molecule has 3 aromatic carbocycles. The summed E-state index contributed by atoms with van der Waals surface area (Å²) in [6.07, 6.45) is 1.96. The number of carbonyl (C=O) groups is 1. The maximum absolute atomic E-state index is 13.6. The van der Waals surface area contributed by atoms with Gasteiger partial charge < -0.3 is 15.4 Å². The van der Waals surface area contributed by atoms with Gasteiger partial charge in [-0.2, -0.15) is 9.78 Å². The number of piperidine rings is 1. The Bertz CT molecular complexity index is 1590. The van der Waals surface area contributed by atoms with E-state index < -0.39 is 0 Å². The molecular weight excluding hydrogens is 603 g/mol. The zero-order valence-electron chi connectivity index (χ0n) is 24.1. The van der Waals surface area contributed by atoms with E-state index >= 15 is 0 Å². The number of hydrogen-bond donors (Lipinski definition) is 2. The number of rotatable bonds is 10. The van der Waals surface area contributed by atoms with E-state index in [4.69, 9.17) is 27.9 Å². The van der Waals surface area contributed by atoms with Crippen LogP contribution in [-0.2, 0) is 11.2 Å². The molecule has 7 nitrogen and oxygen atoms in total. The van der Waals surface area contributed by atoms with Crippen LogP contribution in [0.3, 0.4) is 0 Å². The van der Waals surface area contributed by atoms with Crippen LogP contribution in [-0.4, -0.2) is 41.9 Å². The van der Waals surface area contributed by atoms with Gasteiger partial charge in [-0.05, 0) is 111 Å². The van der Waals surface area contributed by atoms with Crippen LogP contribution in [0.4, 0.5) is 0 Å². The zero-order chi connectivity index (χ0) is 30.3. The van der Waals surface area contributed by atoms with Crippen LogP contribution in [0.25, 0.3) is 5.69 Å². The van der Waals surface area contributed by atoms with E-state index in [0.717, 1.165) is 23.4 Å². The van der Waals surface area contributed by atoms with Crippen molar-refractivity contribution in [3.8, 4) is 11.4 Å².